The number of halogens is 1. The number of hydrogen-bond acceptors (Lipinski definition) is 2. The van der Waals surface area contributed by atoms with Crippen LogP contribution in [0.25, 0.3) is 11.3 Å². The average Bonchev–Trinajstić information content (AvgIpc) is 2.86. The van der Waals surface area contributed by atoms with Gasteiger partial charge in [0.1, 0.15) is 11.5 Å². The van der Waals surface area contributed by atoms with Crippen LogP contribution in [0.1, 0.15) is 32.1 Å². The van der Waals surface area contributed by atoms with Gasteiger partial charge in [-0.1, -0.05) is 26.0 Å². The number of rotatable bonds is 5. The number of benzene rings is 1. The van der Waals surface area contributed by atoms with Crippen molar-refractivity contribution in [2.45, 2.75) is 26.3 Å². The lowest BCUT2D eigenvalue weighted by molar-refractivity contribution is 0.417. The molecule has 1 aromatic heterocycles. The molecule has 1 N–H and O–H groups in total. The Kier molecular flexibility index (Phi) is 4.83. The molecule has 2 rings (SSSR count). The highest BCUT2D eigenvalue weighted by atomic mass is 127. The molecule has 18 heavy (non-hydrogen) atoms. The summed E-state index contributed by atoms with van der Waals surface area (Å²) < 4.78 is 7.19. The van der Waals surface area contributed by atoms with E-state index in [9.17, 15) is 0 Å². The molecule has 0 radical (unpaired) electrons. The van der Waals surface area contributed by atoms with Crippen LogP contribution in [0.15, 0.2) is 40.8 Å². The second-order valence-electron chi connectivity index (χ2n) is 4.23. The summed E-state index contributed by atoms with van der Waals surface area (Å²) >= 11 is 2.31. The first-order valence-electron chi connectivity index (χ1n) is 6.33. The maximum atomic E-state index is 5.95. The van der Waals surface area contributed by atoms with Crippen molar-refractivity contribution in [3.8, 4) is 11.3 Å². The zero-order valence-corrected chi connectivity index (χ0v) is 12.9. The van der Waals surface area contributed by atoms with Crippen molar-refractivity contribution in [3.63, 3.8) is 0 Å². The molecule has 3 heteroatoms. The van der Waals surface area contributed by atoms with E-state index in [-0.39, 0.29) is 0 Å². The van der Waals surface area contributed by atoms with Gasteiger partial charge in [-0.05, 0) is 59.8 Å². The Balaban J connectivity index is 2.21. The molecule has 0 saturated carbocycles. The fourth-order valence-electron chi connectivity index (χ4n) is 2.00. The molecule has 1 unspecified atom stereocenters. The molecule has 0 aliphatic rings. The van der Waals surface area contributed by atoms with Gasteiger partial charge in [-0.25, -0.2) is 0 Å². The number of furan rings is 1. The molecule has 1 aromatic carbocycles. The van der Waals surface area contributed by atoms with E-state index in [0.717, 1.165) is 30.0 Å². The van der Waals surface area contributed by atoms with Crippen LogP contribution < -0.4 is 5.32 Å². The van der Waals surface area contributed by atoms with Gasteiger partial charge < -0.3 is 9.73 Å². The molecule has 1 heterocycles. The van der Waals surface area contributed by atoms with Crippen LogP contribution in [0.4, 0.5) is 0 Å². The summed E-state index contributed by atoms with van der Waals surface area (Å²) in [6, 6.07) is 12.8. The monoisotopic (exact) mass is 355 g/mol. The topological polar surface area (TPSA) is 25.2 Å². The molecule has 2 aromatic rings. The molecule has 96 valence electrons. The van der Waals surface area contributed by atoms with Crippen LogP contribution in [0.5, 0.6) is 0 Å². The Morgan fingerprint density at radius 2 is 1.83 bits per heavy atom. The number of nitrogens with one attached hydrogen (secondary N) is 1. The standard InChI is InChI=1S/C15H18INO/c1-3-13(17-4-2)15-10-9-14(18-15)11-5-7-12(16)8-6-11/h5-10,13,17H,3-4H2,1-2H3. The zero-order valence-electron chi connectivity index (χ0n) is 10.7. The minimum Gasteiger partial charge on any atom is -0.459 e. The molecule has 2 nitrogen and oxygen atoms in total. The average molecular weight is 355 g/mol. The van der Waals surface area contributed by atoms with E-state index in [4.69, 9.17) is 4.42 Å². The maximum absolute atomic E-state index is 5.95. The quantitative estimate of drug-likeness (QED) is 0.793. The summed E-state index contributed by atoms with van der Waals surface area (Å²) in [6.45, 7) is 5.24. The van der Waals surface area contributed by atoms with Crippen LogP contribution in [0, 0.1) is 3.57 Å². The van der Waals surface area contributed by atoms with Crippen molar-refractivity contribution >= 4 is 22.6 Å². The van der Waals surface area contributed by atoms with Crippen molar-refractivity contribution in [3.05, 3.63) is 45.7 Å². The van der Waals surface area contributed by atoms with Crippen LogP contribution >= 0.6 is 22.6 Å². The Morgan fingerprint density at radius 3 is 2.44 bits per heavy atom. The molecule has 0 saturated heterocycles. The molecular formula is C15H18INO. The Morgan fingerprint density at radius 1 is 1.11 bits per heavy atom. The van der Waals surface area contributed by atoms with E-state index in [1.807, 2.05) is 0 Å². The van der Waals surface area contributed by atoms with Gasteiger partial charge in [-0.15, -0.1) is 0 Å². The molecule has 1 atom stereocenters. The lowest BCUT2D eigenvalue weighted by atomic mass is 10.1. The van der Waals surface area contributed by atoms with E-state index in [1.54, 1.807) is 0 Å². The smallest absolute Gasteiger partial charge is 0.134 e. The second kappa shape index (κ2) is 6.38. The van der Waals surface area contributed by atoms with E-state index in [2.05, 4.69) is 78.2 Å². The van der Waals surface area contributed by atoms with Crippen LogP contribution in [-0.2, 0) is 0 Å². The lowest BCUT2D eigenvalue weighted by Crippen LogP contribution is -2.19. The van der Waals surface area contributed by atoms with E-state index in [0.29, 0.717) is 6.04 Å². The fourth-order valence-corrected chi connectivity index (χ4v) is 2.36. The summed E-state index contributed by atoms with van der Waals surface area (Å²) in [5, 5.41) is 3.43. The molecule has 0 aliphatic heterocycles. The van der Waals surface area contributed by atoms with Gasteiger partial charge >= 0.3 is 0 Å². The van der Waals surface area contributed by atoms with Gasteiger partial charge in [0, 0.05) is 9.13 Å². The fraction of sp³-hybridized carbons (Fsp3) is 0.333. The van der Waals surface area contributed by atoms with Crippen molar-refractivity contribution in [1.29, 1.82) is 0 Å². The van der Waals surface area contributed by atoms with Crippen LogP contribution in [0.2, 0.25) is 0 Å². The summed E-state index contributed by atoms with van der Waals surface area (Å²) in [5.74, 6) is 1.96. The molecular weight excluding hydrogens is 337 g/mol. The third-order valence-corrected chi connectivity index (χ3v) is 3.68. The largest absolute Gasteiger partial charge is 0.459 e. The lowest BCUT2D eigenvalue weighted by Gasteiger charge is -2.12. The van der Waals surface area contributed by atoms with Gasteiger partial charge in [0.15, 0.2) is 0 Å². The summed E-state index contributed by atoms with van der Waals surface area (Å²) in [4.78, 5) is 0. The SMILES string of the molecule is CCNC(CC)c1ccc(-c2ccc(I)cc2)o1. The van der Waals surface area contributed by atoms with Gasteiger partial charge in [0.25, 0.3) is 0 Å². The third kappa shape index (κ3) is 3.14. The third-order valence-electron chi connectivity index (χ3n) is 2.96. The minimum atomic E-state index is 0.313. The first kappa shape index (κ1) is 13.6. The minimum absolute atomic E-state index is 0.313. The maximum Gasteiger partial charge on any atom is 0.134 e. The van der Waals surface area contributed by atoms with Gasteiger partial charge in [0.2, 0.25) is 0 Å². The summed E-state index contributed by atoms with van der Waals surface area (Å²) in [7, 11) is 0. The van der Waals surface area contributed by atoms with E-state index in [1.165, 1.54) is 3.57 Å². The summed E-state index contributed by atoms with van der Waals surface area (Å²) in [6.07, 6.45) is 1.04. The van der Waals surface area contributed by atoms with Crippen molar-refractivity contribution in [2.24, 2.45) is 0 Å². The van der Waals surface area contributed by atoms with Crippen LogP contribution in [-0.4, -0.2) is 6.54 Å². The van der Waals surface area contributed by atoms with Crippen molar-refractivity contribution < 1.29 is 4.42 Å². The molecule has 0 fully saturated rings. The first-order valence-corrected chi connectivity index (χ1v) is 7.41. The molecule has 0 spiro atoms. The second-order valence-corrected chi connectivity index (χ2v) is 5.47. The highest BCUT2D eigenvalue weighted by Gasteiger charge is 2.13. The Bertz CT molecular complexity index is 489. The van der Waals surface area contributed by atoms with Crippen LogP contribution in [0.3, 0.4) is 0 Å². The van der Waals surface area contributed by atoms with Gasteiger partial charge in [-0.2, -0.15) is 0 Å². The normalized spacial score (nSPS) is 12.6. The predicted molar refractivity (Wildman–Crippen MR) is 83.6 cm³/mol. The Labute approximate surface area is 122 Å². The first-order chi connectivity index (χ1) is 8.74. The van der Waals surface area contributed by atoms with Gasteiger partial charge in [0.05, 0.1) is 6.04 Å². The van der Waals surface area contributed by atoms with E-state index < -0.39 is 0 Å². The molecule has 0 aliphatic carbocycles. The van der Waals surface area contributed by atoms with Crippen molar-refractivity contribution in [1.82, 2.24) is 5.32 Å². The Hall–Kier alpha value is -0.810. The highest BCUT2D eigenvalue weighted by molar-refractivity contribution is 14.1. The van der Waals surface area contributed by atoms with E-state index >= 15 is 0 Å². The van der Waals surface area contributed by atoms with Crippen molar-refractivity contribution in [2.75, 3.05) is 6.54 Å². The zero-order chi connectivity index (χ0) is 13.0. The molecule has 0 bridgehead atoms. The number of hydrogen-bond donors (Lipinski definition) is 1. The van der Waals surface area contributed by atoms with Gasteiger partial charge in [-0.3, -0.25) is 0 Å². The summed E-state index contributed by atoms with van der Waals surface area (Å²) in [5.41, 5.74) is 1.13. The molecule has 0 amide bonds. The highest BCUT2D eigenvalue weighted by Crippen LogP contribution is 2.27. The predicted octanol–water partition coefficient (Wildman–Crippen LogP) is 4.61.